The number of hydrogen-bond acceptors (Lipinski definition) is 4. The van der Waals surface area contributed by atoms with Crippen LogP contribution in [-0.2, 0) is 19.1 Å². The van der Waals surface area contributed by atoms with Gasteiger partial charge in [0.05, 0.1) is 11.8 Å². The average Bonchev–Trinajstić information content (AvgIpc) is 2.33. The van der Waals surface area contributed by atoms with Crippen molar-refractivity contribution in [1.82, 2.24) is 0 Å². The second-order valence-corrected chi connectivity index (χ2v) is 5.08. The van der Waals surface area contributed by atoms with Gasteiger partial charge in [-0.05, 0) is 20.3 Å². The van der Waals surface area contributed by atoms with Gasteiger partial charge in [-0.3, -0.25) is 9.59 Å². The van der Waals surface area contributed by atoms with E-state index in [9.17, 15) is 35.9 Å². The number of alkyl halides is 6. The molecule has 0 spiro atoms. The summed E-state index contributed by atoms with van der Waals surface area (Å²) in [7, 11) is 0. The second kappa shape index (κ2) is 7.19. The molecule has 0 aliphatic rings. The van der Waals surface area contributed by atoms with Crippen LogP contribution >= 0.6 is 0 Å². The Bertz CT molecular complexity index is 385. The molecule has 0 aliphatic heterocycles. The average molecular weight is 338 g/mol. The molecule has 0 radical (unpaired) electrons. The monoisotopic (exact) mass is 338 g/mol. The van der Waals surface area contributed by atoms with Gasteiger partial charge in [0.1, 0.15) is 6.61 Å². The summed E-state index contributed by atoms with van der Waals surface area (Å²) in [5.74, 6) is -2.48. The highest BCUT2D eigenvalue weighted by Gasteiger charge is 2.59. The Labute approximate surface area is 122 Å². The zero-order valence-electron chi connectivity index (χ0n) is 12.1. The molecule has 0 unspecified atom stereocenters. The minimum absolute atomic E-state index is 0.403. The Morgan fingerprint density at radius 1 is 1.00 bits per heavy atom. The molecule has 0 saturated heterocycles. The number of rotatable bonds is 6. The lowest BCUT2D eigenvalue weighted by Gasteiger charge is -2.23. The summed E-state index contributed by atoms with van der Waals surface area (Å²) >= 11 is 0. The van der Waals surface area contributed by atoms with Crippen LogP contribution in [0.15, 0.2) is 0 Å². The summed E-state index contributed by atoms with van der Waals surface area (Å²) in [5, 5.41) is 0. The minimum Gasteiger partial charge on any atom is -0.465 e. The van der Waals surface area contributed by atoms with Crippen LogP contribution in [0.1, 0.15) is 33.6 Å². The molecule has 0 aliphatic carbocycles. The molecule has 0 rings (SSSR count). The molecule has 0 heterocycles. The largest absolute Gasteiger partial charge is 0.465 e. The van der Waals surface area contributed by atoms with Crippen LogP contribution in [0.5, 0.6) is 0 Å². The Morgan fingerprint density at radius 2 is 1.45 bits per heavy atom. The Balaban J connectivity index is 4.48. The van der Waals surface area contributed by atoms with Gasteiger partial charge in [-0.2, -0.15) is 26.3 Å². The van der Waals surface area contributed by atoms with Gasteiger partial charge in [0.25, 0.3) is 6.10 Å². The zero-order chi connectivity index (χ0) is 17.8. The highest BCUT2D eigenvalue weighted by Crippen LogP contribution is 2.35. The summed E-state index contributed by atoms with van der Waals surface area (Å²) in [5.41, 5.74) is -0.871. The van der Waals surface area contributed by atoms with Gasteiger partial charge < -0.3 is 9.47 Å². The van der Waals surface area contributed by atoms with Crippen LogP contribution in [0.4, 0.5) is 26.3 Å². The fourth-order valence-corrected chi connectivity index (χ4v) is 1.08. The fraction of sp³-hybridized carbons (Fsp3) is 0.833. The number of ether oxygens (including phenoxy) is 2. The topological polar surface area (TPSA) is 52.6 Å². The van der Waals surface area contributed by atoms with Crippen molar-refractivity contribution in [3.8, 4) is 0 Å². The highest BCUT2D eigenvalue weighted by molar-refractivity contribution is 5.76. The van der Waals surface area contributed by atoms with E-state index < -0.39 is 48.8 Å². The SMILES string of the molecule is CCC(C)(C)C(=O)OCCC(=O)OC(C(F)(F)F)C(F)(F)F. The van der Waals surface area contributed by atoms with Gasteiger partial charge in [-0.15, -0.1) is 0 Å². The van der Waals surface area contributed by atoms with Crippen LogP contribution in [0.2, 0.25) is 0 Å². The number of carbonyl (C=O) groups excluding carboxylic acids is 2. The molecule has 0 aromatic rings. The maximum Gasteiger partial charge on any atom is 0.434 e. The van der Waals surface area contributed by atoms with Crippen LogP contribution < -0.4 is 0 Å². The summed E-state index contributed by atoms with van der Waals surface area (Å²) < 4.78 is 80.9. The van der Waals surface area contributed by atoms with E-state index in [0.717, 1.165) is 0 Å². The quantitative estimate of drug-likeness (QED) is 0.550. The summed E-state index contributed by atoms with van der Waals surface area (Å²) in [6, 6.07) is 0. The van der Waals surface area contributed by atoms with Crippen molar-refractivity contribution in [2.24, 2.45) is 5.41 Å². The third-order valence-corrected chi connectivity index (χ3v) is 2.82. The normalized spacial score (nSPS) is 13.2. The lowest BCUT2D eigenvalue weighted by atomic mass is 9.91. The molecular weight excluding hydrogens is 322 g/mol. The van der Waals surface area contributed by atoms with E-state index in [0.29, 0.717) is 6.42 Å². The van der Waals surface area contributed by atoms with Crippen LogP contribution in [0, 0.1) is 5.41 Å². The fourth-order valence-electron chi connectivity index (χ4n) is 1.08. The van der Waals surface area contributed by atoms with Crippen molar-refractivity contribution in [1.29, 1.82) is 0 Å². The Kier molecular flexibility index (Phi) is 6.70. The highest BCUT2D eigenvalue weighted by atomic mass is 19.4. The Hall–Kier alpha value is -1.48. The minimum atomic E-state index is -5.77. The lowest BCUT2D eigenvalue weighted by Crippen LogP contribution is -2.45. The molecule has 10 heteroatoms. The van der Waals surface area contributed by atoms with E-state index >= 15 is 0 Å². The van der Waals surface area contributed by atoms with E-state index in [-0.39, 0.29) is 0 Å². The van der Waals surface area contributed by atoms with E-state index in [2.05, 4.69) is 9.47 Å². The van der Waals surface area contributed by atoms with E-state index in [1.807, 2.05) is 0 Å². The van der Waals surface area contributed by atoms with Gasteiger partial charge in [0.15, 0.2) is 0 Å². The molecule has 4 nitrogen and oxygen atoms in total. The van der Waals surface area contributed by atoms with Crippen LogP contribution in [0.25, 0.3) is 0 Å². The third-order valence-electron chi connectivity index (χ3n) is 2.82. The first-order chi connectivity index (χ1) is 9.71. The van der Waals surface area contributed by atoms with Crippen molar-refractivity contribution in [2.45, 2.75) is 52.1 Å². The number of halogens is 6. The van der Waals surface area contributed by atoms with Crippen molar-refractivity contribution in [2.75, 3.05) is 6.61 Å². The molecule has 0 aromatic carbocycles. The molecule has 0 aromatic heterocycles. The lowest BCUT2D eigenvalue weighted by molar-refractivity contribution is -0.313. The molecule has 0 amide bonds. The zero-order valence-corrected chi connectivity index (χ0v) is 12.1. The van der Waals surface area contributed by atoms with Crippen molar-refractivity contribution >= 4 is 11.9 Å². The number of esters is 2. The van der Waals surface area contributed by atoms with Crippen molar-refractivity contribution in [3.05, 3.63) is 0 Å². The summed E-state index contributed by atoms with van der Waals surface area (Å²) in [6.45, 7) is 4.10. The smallest absolute Gasteiger partial charge is 0.434 e. The van der Waals surface area contributed by atoms with Gasteiger partial charge in [-0.25, -0.2) is 0 Å². The summed E-state index contributed by atoms with van der Waals surface area (Å²) in [4.78, 5) is 22.5. The van der Waals surface area contributed by atoms with Gasteiger partial charge in [0, 0.05) is 0 Å². The van der Waals surface area contributed by atoms with Crippen molar-refractivity contribution in [3.63, 3.8) is 0 Å². The first kappa shape index (κ1) is 20.5. The van der Waals surface area contributed by atoms with Crippen molar-refractivity contribution < 1.29 is 45.4 Å². The molecule has 22 heavy (non-hydrogen) atoms. The van der Waals surface area contributed by atoms with E-state index in [1.54, 1.807) is 6.92 Å². The molecular formula is C12H16F6O4. The Morgan fingerprint density at radius 3 is 1.82 bits per heavy atom. The maximum atomic E-state index is 12.1. The molecule has 130 valence electrons. The number of hydrogen-bond donors (Lipinski definition) is 0. The molecule has 0 bridgehead atoms. The van der Waals surface area contributed by atoms with E-state index in [4.69, 9.17) is 0 Å². The van der Waals surface area contributed by atoms with Gasteiger partial charge in [-0.1, -0.05) is 6.92 Å². The van der Waals surface area contributed by atoms with Crippen LogP contribution in [-0.4, -0.2) is 37.0 Å². The maximum absolute atomic E-state index is 12.1. The van der Waals surface area contributed by atoms with E-state index in [1.165, 1.54) is 13.8 Å². The number of carbonyl (C=O) groups is 2. The standard InChI is InChI=1S/C12H16F6O4/c1-4-10(2,3)9(20)21-6-5-7(19)22-8(11(13,14)15)12(16,17)18/h8H,4-6H2,1-3H3. The van der Waals surface area contributed by atoms with Crippen LogP contribution in [0.3, 0.4) is 0 Å². The first-order valence-corrected chi connectivity index (χ1v) is 6.22. The third kappa shape index (κ3) is 6.52. The first-order valence-electron chi connectivity index (χ1n) is 6.22. The predicted molar refractivity (Wildman–Crippen MR) is 61.6 cm³/mol. The van der Waals surface area contributed by atoms with Gasteiger partial charge >= 0.3 is 24.3 Å². The summed E-state index contributed by atoms with van der Waals surface area (Å²) in [6.07, 6.45) is -16.2. The second-order valence-electron chi connectivity index (χ2n) is 5.08. The molecule has 0 saturated carbocycles. The molecule has 0 N–H and O–H groups in total. The molecule has 0 fully saturated rings. The molecule has 0 atom stereocenters. The van der Waals surface area contributed by atoms with Gasteiger partial charge in [0.2, 0.25) is 0 Å². The predicted octanol–water partition coefficient (Wildman–Crippen LogP) is 3.39.